The molecule has 5 nitrogen and oxygen atoms in total. The molecule has 0 saturated carbocycles. The number of rotatable bonds is 4. The molecule has 6 heteroatoms. The Balaban J connectivity index is 2.13. The SMILES string of the molecule is CNc1nc(C)c(C2=NCCc3cc(OC)c(OC)cc32)s1. The summed E-state index contributed by atoms with van der Waals surface area (Å²) < 4.78 is 10.8. The van der Waals surface area contributed by atoms with Gasteiger partial charge in [-0.25, -0.2) is 4.98 Å². The first kappa shape index (κ1) is 14.8. The van der Waals surface area contributed by atoms with Gasteiger partial charge in [0.05, 0.1) is 30.5 Å². The van der Waals surface area contributed by atoms with Crippen LogP contribution < -0.4 is 14.8 Å². The second kappa shape index (κ2) is 5.96. The third-order valence-corrected chi connectivity index (χ3v) is 4.92. The summed E-state index contributed by atoms with van der Waals surface area (Å²) >= 11 is 1.63. The number of hydrogen-bond acceptors (Lipinski definition) is 6. The van der Waals surface area contributed by atoms with Crippen molar-refractivity contribution in [1.82, 2.24) is 4.98 Å². The molecule has 3 rings (SSSR count). The van der Waals surface area contributed by atoms with E-state index in [1.807, 2.05) is 20.0 Å². The smallest absolute Gasteiger partial charge is 0.183 e. The number of ether oxygens (including phenoxy) is 2. The number of thiazole rings is 1. The van der Waals surface area contributed by atoms with Crippen molar-refractivity contribution in [2.45, 2.75) is 13.3 Å². The van der Waals surface area contributed by atoms with Crippen molar-refractivity contribution in [3.8, 4) is 11.5 Å². The molecule has 0 saturated heterocycles. The summed E-state index contributed by atoms with van der Waals surface area (Å²) in [5.74, 6) is 1.49. The third kappa shape index (κ3) is 2.43. The molecule has 0 amide bonds. The Hall–Kier alpha value is -2.08. The van der Waals surface area contributed by atoms with Gasteiger partial charge in [0.2, 0.25) is 0 Å². The first-order chi connectivity index (χ1) is 10.7. The molecule has 0 fully saturated rings. The fourth-order valence-electron chi connectivity index (χ4n) is 2.64. The molecule has 0 spiro atoms. The van der Waals surface area contributed by atoms with E-state index in [2.05, 4.69) is 16.4 Å². The van der Waals surface area contributed by atoms with Crippen LogP contribution in [0.2, 0.25) is 0 Å². The third-order valence-electron chi connectivity index (χ3n) is 3.74. The molecule has 0 aliphatic carbocycles. The lowest BCUT2D eigenvalue weighted by Crippen LogP contribution is -2.14. The molecule has 2 aromatic rings. The van der Waals surface area contributed by atoms with Crippen LogP contribution in [0.15, 0.2) is 17.1 Å². The number of hydrogen-bond donors (Lipinski definition) is 1. The molecule has 1 aromatic carbocycles. The van der Waals surface area contributed by atoms with Crippen LogP contribution in [0.4, 0.5) is 5.13 Å². The summed E-state index contributed by atoms with van der Waals surface area (Å²) in [6.45, 7) is 2.80. The van der Waals surface area contributed by atoms with Crippen molar-refractivity contribution in [2.75, 3.05) is 33.1 Å². The zero-order valence-electron chi connectivity index (χ0n) is 13.2. The van der Waals surface area contributed by atoms with Crippen molar-refractivity contribution in [3.63, 3.8) is 0 Å². The van der Waals surface area contributed by atoms with Crippen LogP contribution >= 0.6 is 11.3 Å². The van der Waals surface area contributed by atoms with E-state index in [0.717, 1.165) is 51.4 Å². The van der Waals surface area contributed by atoms with Gasteiger partial charge in [-0.15, -0.1) is 0 Å². The molecule has 1 aliphatic rings. The Morgan fingerprint density at radius 1 is 1.18 bits per heavy atom. The summed E-state index contributed by atoms with van der Waals surface area (Å²) in [5.41, 5.74) is 4.34. The zero-order valence-corrected chi connectivity index (χ0v) is 14.0. The summed E-state index contributed by atoms with van der Waals surface area (Å²) in [6.07, 6.45) is 0.913. The number of aryl methyl sites for hydroxylation is 1. The van der Waals surface area contributed by atoms with Gasteiger partial charge in [-0.1, -0.05) is 11.3 Å². The largest absolute Gasteiger partial charge is 0.493 e. The standard InChI is InChI=1S/C16H19N3O2S/c1-9-15(22-16(17-2)19-9)14-11-8-13(21-4)12(20-3)7-10(11)5-6-18-14/h7-8H,5-6H2,1-4H3,(H,17,19). The van der Waals surface area contributed by atoms with Crippen molar-refractivity contribution in [1.29, 1.82) is 0 Å². The van der Waals surface area contributed by atoms with E-state index < -0.39 is 0 Å². The van der Waals surface area contributed by atoms with Crippen molar-refractivity contribution < 1.29 is 9.47 Å². The lowest BCUT2D eigenvalue weighted by molar-refractivity contribution is 0.354. The number of methoxy groups -OCH3 is 2. The van der Waals surface area contributed by atoms with Gasteiger partial charge in [0.15, 0.2) is 16.6 Å². The minimum absolute atomic E-state index is 0.729. The number of nitrogens with zero attached hydrogens (tertiary/aromatic N) is 2. The van der Waals surface area contributed by atoms with E-state index in [1.54, 1.807) is 25.6 Å². The molecule has 116 valence electrons. The first-order valence-electron chi connectivity index (χ1n) is 7.13. The molecule has 22 heavy (non-hydrogen) atoms. The van der Waals surface area contributed by atoms with Crippen LogP contribution in [0.3, 0.4) is 0 Å². The van der Waals surface area contributed by atoms with Gasteiger partial charge in [0, 0.05) is 19.2 Å². The molecule has 0 bridgehead atoms. The quantitative estimate of drug-likeness (QED) is 0.942. The highest BCUT2D eigenvalue weighted by Crippen LogP contribution is 2.35. The van der Waals surface area contributed by atoms with Gasteiger partial charge in [-0.3, -0.25) is 4.99 Å². The highest BCUT2D eigenvalue weighted by Gasteiger charge is 2.22. The molecule has 0 unspecified atom stereocenters. The second-order valence-corrected chi connectivity index (χ2v) is 6.03. The molecule has 1 aliphatic heterocycles. The molecular weight excluding hydrogens is 298 g/mol. The van der Waals surface area contributed by atoms with Crippen LogP contribution in [0.1, 0.15) is 21.7 Å². The average molecular weight is 317 g/mol. The number of anilines is 1. The minimum atomic E-state index is 0.729. The fraction of sp³-hybridized carbons (Fsp3) is 0.375. The van der Waals surface area contributed by atoms with Crippen LogP contribution in [0.25, 0.3) is 0 Å². The maximum atomic E-state index is 5.44. The van der Waals surface area contributed by atoms with Crippen LogP contribution in [-0.4, -0.2) is 38.5 Å². The molecular formula is C16H19N3O2S. The van der Waals surface area contributed by atoms with E-state index in [4.69, 9.17) is 14.5 Å². The Morgan fingerprint density at radius 3 is 2.55 bits per heavy atom. The fourth-order valence-corrected chi connectivity index (χ4v) is 3.58. The highest BCUT2D eigenvalue weighted by molar-refractivity contribution is 7.17. The molecule has 1 aromatic heterocycles. The van der Waals surface area contributed by atoms with Crippen molar-refractivity contribution >= 4 is 22.2 Å². The predicted octanol–water partition coefficient (Wildman–Crippen LogP) is 2.90. The minimum Gasteiger partial charge on any atom is -0.493 e. The maximum absolute atomic E-state index is 5.44. The Labute approximate surface area is 134 Å². The topological polar surface area (TPSA) is 55.7 Å². The van der Waals surface area contributed by atoms with E-state index in [-0.39, 0.29) is 0 Å². The summed E-state index contributed by atoms with van der Waals surface area (Å²) in [4.78, 5) is 10.4. The predicted molar refractivity (Wildman–Crippen MR) is 90.2 cm³/mol. The molecule has 2 heterocycles. The van der Waals surface area contributed by atoms with Gasteiger partial charge < -0.3 is 14.8 Å². The molecule has 0 radical (unpaired) electrons. The van der Waals surface area contributed by atoms with E-state index in [1.165, 1.54) is 5.56 Å². The Morgan fingerprint density at radius 2 is 1.91 bits per heavy atom. The monoisotopic (exact) mass is 317 g/mol. The van der Waals surface area contributed by atoms with Gasteiger partial charge in [0.25, 0.3) is 0 Å². The molecule has 0 atom stereocenters. The lowest BCUT2D eigenvalue weighted by Gasteiger charge is -2.19. The maximum Gasteiger partial charge on any atom is 0.183 e. The van der Waals surface area contributed by atoms with Gasteiger partial charge >= 0.3 is 0 Å². The highest BCUT2D eigenvalue weighted by atomic mass is 32.1. The second-order valence-electron chi connectivity index (χ2n) is 5.03. The number of fused-ring (bicyclic) bond motifs is 1. The number of nitrogens with one attached hydrogen (secondary N) is 1. The van der Waals surface area contributed by atoms with Gasteiger partial charge in [-0.2, -0.15) is 0 Å². The lowest BCUT2D eigenvalue weighted by atomic mass is 9.95. The summed E-state index contributed by atoms with van der Waals surface area (Å²) in [6, 6.07) is 4.07. The average Bonchev–Trinajstić information content (AvgIpc) is 2.93. The summed E-state index contributed by atoms with van der Waals surface area (Å²) in [7, 11) is 5.20. The molecule has 1 N–H and O–H groups in total. The van der Waals surface area contributed by atoms with Crippen LogP contribution in [0, 0.1) is 6.92 Å². The van der Waals surface area contributed by atoms with Gasteiger partial charge in [0.1, 0.15) is 0 Å². The summed E-state index contributed by atoms with van der Waals surface area (Å²) in [5, 5.41) is 4.01. The van der Waals surface area contributed by atoms with E-state index in [0.29, 0.717) is 0 Å². The van der Waals surface area contributed by atoms with Crippen molar-refractivity contribution in [3.05, 3.63) is 33.8 Å². The van der Waals surface area contributed by atoms with E-state index in [9.17, 15) is 0 Å². The first-order valence-corrected chi connectivity index (χ1v) is 7.94. The van der Waals surface area contributed by atoms with Crippen LogP contribution in [0.5, 0.6) is 11.5 Å². The number of aromatic nitrogens is 1. The Bertz CT molecular complexity index is 737. The van der Waals surface area contributed by atoms with Crippen LogP contribution in [-0.2, 0) is 6.42 Å². The van der Waals surface area contributed by atoms with Crippen molar-refractivity contribution in [2.24, 2.45) is 4.99 Å². The Kier molecular flexibility index (Phi) is 4.02. The number of aliphatic imine (C=N–C) groups is 1. The number of benzene rings is 1. The van der Waals surface area contributed by atoms with E-state index >= 15 is 0 Å². The van der Waals surface area contributed by atoms with Gasteiger partial charge in [-0.05, 0) is 31.0 Å². The zero-order chi connectivity index (χ0) is 15.7. The normalized spacial score (nSPS) is 13.4.